The summed E-state index contributed by atoms with van der Waals surface area (Å²) in [4.78, 5) is 47.2. The van der Waals surface area contributed by atoms with E-state index in [9.17, 15) is 22.8 Å². The third-order valence-corrected chi connectivity index (χ3v) is 8.67. The number of likely N-dealkylation sites (tertiary alicyclic amines) is 1. The fourth-order valence-corrected chi connectivity index (χ4v) is 6.00. The summed E-state index contributed by atoms with van der Waals surface area (Å²) in [5.41, 5.74) is 0.283. The summed E-state index contributed by atoms with van der Waals surface area (Å²) in [7, 11) is -3.80. The highest BCUT2D eigenvalue weighted by Crippen LogP contribution is 2.33. The summed E-state index contributed by atoms with van der Waals surface area (Å²) in [6.45, 7) is 7.43. The van der Waals surface area contributed by atoms with Crippen molar-refractivity contribution >= 4 is 38.7 Å². The molecular weight excluding hydrogens is 548 g/mol. The first kappa shape index (κ1) is 28.8. The lowest BCUT2D eigenvalue weighted by atomic mass is 10.1. The molecule has 2 aliphatic carbocycles. The van der Waals surface area contributed by atoms with E-state index in [0.29, 0.717) is 12.3 Å². The Morgan fingerprint density at radius 2 is 1.90 bits per heavy atom. The van der Waals surface area contributed by atoms with Crippen LogP contribution in [0.5, 0.6) is 5.88 Å². The third-order valence-electron chi connectivity index (χ3n) is 7.15. The smallest absolute Gasteiger partial charge is 0.411 e. The van der Waals surface area contributed by atoms with Crippen molar-refractivity contribution in [1.82, 2.24) is 19.5 Å². The van der Waals surface area contributed by atoms with E-state index >= 15 is 0 Å². The number of aryl methyl sites for hydroxylation is 1. The van der Waals surface area contributed by atoms with Gasteiger partial charge >= 0.3 is 6.09 Å². The van der Waals surface area contributed by atoms with Crippen LogP contribution in [-0.4, -0.2) is 78.0 Å². The number of carbonyl (C=O) groups is 3. The van der Waals surface area contributed by atoms with E-state index in [0.717, 1.165) is 29.2 Å². The van der Waals surface area contributed by atoms with E-state index < -0.39 is 39.8 Å². The Kier molecular flexibility index (Phi) is 7.71. The number of allylic oxidation sites excluding steroid dienone is 2. The molecule has 2 fully saturated rings. The number of fused-ring (bicyclic) bond motifs is 1. The van der Waals surface area contributed by atoms with Crippen LogP contribution in [0, 0.1) is 6.92 Å². The van der Waals surface area contributed by atoms with Gasteiger partial charge < -0.3 is 14.4 Å². The average molecular weight is 585 g/mol. The second kappa shape index (κ2) is 11.0. The molecule has 1 aromatic carbocycles. The predicted molar refractivity (Wildman–Crippen MR) is 151 cm³/mol. The molecule has 3 amide bonds. The fraction of sp³-hybridized carbons (Fsp3) is 0.517. The van der Waals surface area contributed by atoms with Crippen molar-refractivity contribution in [3.05, 3.63) is 47.0 Å². The van der Waals surface area contributed by atoms with E-state index in [2.05, 4.69) is 9.71 Å². The molecule has 5 rings (SSSR count). The first-order chi connectivity index (χ1) is 19.3. The van der Waals surface area contributed by atoms with Crippen LogP contribution in [0.1, 0.15) is 58.4 Å². The number of benzene rings is 1. The molecule has 1 N–H and O–H groups in total. The van der Waals surface area contributed by atoms with Gasteiger partial charge in [0.1, 0.15) is 17.7 Å². The highest BCUT2D eigenvalue weighted by atomic mass is 32.2. The Hall–Kier alpha value is -3.67. The van der Waals surface area contributed by atoms with Crippen molar-refractivity contribution in [3.63, 3.8) is 0 Å². The first-order valence-corrected chi connectivity index (χ1v) is 15.4. The Balaban J connectivity index is 1.33. The highest BCUT2D eigenvalue weighted by Gasteiger charge is 2.46. The number of pyridine rings is 1. The zero-order chi connectivity index (χ0) is 29.5. The van der Waals surface area contributed by atoms with Gasteiger partial charge in [0, 0.05) is 43.4 Å². The lowest BCUT2D eigenvalue weighted by Gasteiger charge is -2.31. The number of amides is 3. The van der Waals surface area contributed by atoms with Gasteiger partial charge in [-0.2, -0.15) is 0 Å². The summed E-state index contributed by atoms with van der Waals surface area (Å²) in [6.07, 6.45) is 3.98. The summed E-state index contributed by atoms with van der Waals surface area (Å²) in [6, 6.07) is 6.94. The number of rotatable bonds is 9. The lowest BCUT2D eigenvalue weighted by molar-refractivity contribution is -0.137. The Morgan fingerprint density at radius 3 is 2.56 bits per heavy atom. The van der Waals surface area contributed by atoms with Crippen LogP contribution in [0.25, 0.3) is 10.8 Å². The number of aromatic nitrogens is 1. The van der Waals surface area contributed by atoms with Crippen LogP contribution >= 0.6 is 0 Å². The van der Waals surface area contributed by atoms with Gasteiger partial charge in [-0.15, -0.1) is 0 Å². The Labute approximate surface area is 239 Å². The quantitative estimate of drug-likeness (QED) is 0.474. The molecule has 220 valence electrons. The zero-order valence-corrected chi connectivity index (χ0v) is 24.6. The van der Waals surface area contributed by atoms with Crippen LogP contribution in [0.15, 0.2) is 41.4 Å². The van der Waals surface area contributed by atoms with E-state index in [1.807, 2.05) is 31.2 Å². The standard InChI is InChI=1S/C29H36N4O7S/c1-18-5-6-19-11-13-30-26(23(19)15-18)39-21-16-24(33(17-21)28(36)40-29(2,3)4)27(35)32(20-7-8-20)14-12-25(34)31-41(37,38)22-9-10-22/h5-6,9,11,13,15,20-21,24H,7-8,10,12,14,16-17H2,1-4H3,(H,31,34). The van der Waals surface area contributed by atoms with E-state index in [1.165, 1.54) is 11.0 Å². The zero-order valence-electron chi connectivity index (χ0n) is 23.8. The van der Waals surface area contributed by atoms with Crippen molar-refractivity contribution in [2.24, 2.45) is 0 Å². The minimum atomic E-state index is -3.80. The number of hydrogen-bond acceptors (Lipinski definition) is 8. The van der Waals surface area contributed by atoms with Gasteiger partial charge in [0.15, 0.2) is 0 Å². The molecule has 11 nitrogen and oxygen atoms in total. The van der Waals surface area contributed by atoms with E-state index in [1.54, 1.807) is 31.9 Å². The minimum Gasteiger partial charge on any atom is -0.472 e. The molecule has 41 heavy (non-hydrogen) atoms. The van der Waals surface area contributed by atoms with Crippen molar-refractivity contribution in [2.75, 3.05) is 13.1 Å². The van der Waals surface area contributed by atoms with Gasteiger partial charge in [-0.25, -0.2) is 22.9 Å². The molecule has 1 saturated heterocycles. The van der Waals surface area contributed by atoms with Crippen LogP contribution in [0.2, 0.25) is 0 Å². The molecule has 1 saturated carbocycles. The molecule has 12 heteroatoms. The maximum atomic E-state index is 13.9. The first-order valence-electron chi connectivity index (χ1n) is 13.9. The summed E-state index contributed by atoms with van der Waals surface area (Å²) < 4.78 is 38.2. The van der Waals surface area contributed by atoms with Crippen LogP contribution in [-0.2, 0) is 24.3 Å². The second-order valence-corrected chi connectivity index (χ2v) is 13.6. The van der Waals surface area contributed by atoms with Gasteiger partial charge in [0.25, 0.3) is 10.0 Å². The average Bonchev–Trinajstić information content (AvgIpc) is 3.80. The van der Waals surface area contributed by atoms with Gasteiger partial charge in [-0.3, -0.25) is 14.5 Å². The highest BCUT2D eigenvalue weighted by molar-refractivity contribution is 7.94. The molecule has 2 aromatic rings. The fourth-order valence-electron chi connectivity index (χ4n) is 4.95. The van der Waals surface area contributed by atoms with Gasteiger partial charge in [0.2, 0.25) is 17.7 Å². The van der Waals surface area contributed by atoms with Crippen molar-refractivity contribution in [1.29, 1.82) is 0 Å². The molecule has 2 unspecified atom stereocenters. The number of carbonyl (C=O) groups excluding carboxylic acids is 3. The minimum absolute atomic E-state index is 0.0399. The SMILES string of the molecule is Cc1ccc2ccnc(OC3CC(C(=O)N(CCC(=O)NS(=O)(=O)C4=CC4)C4CC4)N(C(=O)OC(C)(C)C)C3)c2c1. The molecule has 1 aliphatic heterocycles. The molecule has 1 aromatic heterocycles. The monoisotopic (exact) mass is 584 g/mol. The Morgan fingerprint density at radius 1 is 1.17 bits per heavy atom. The van der Waals surface area contributed by atoms with Crippen LogP contribution < -0.4 is 9.46 Å². The maximum absolute atomic E-state index is 13.9. The second-order valence-electron chi connectivity index (χ2n) is 11.9. The van der Waals surface area contributed by atoms with Crippen molar-refractivity contribution in [2.45, 2.75) is 83.6 Å². The van der Waals surface area contributed by atoms with Crippen LogP contribution in [0.4, 0.5) is 4.79 Å². The number of hydrogen-bond donors (Lipinski definition) is 1. The largest absolute Gasteiger partial charge is 0.472 e. The molecule has 0 spiro atoms. The molecular formula is C29H36N4O7S. The predicted octanol–water partition coefficient (Wildman–Crippen LogP) is 3.41. The lowest BCUT2D eigenvalue weighted by Crippen LogP contribution is -2.50. The molecule has 3 aliphatic rings. The molecule has 0 radical (unpaired) electrons. The summed E-state index contributed by atoms with van der Waals surface area (Å²) in [5.74, 6) is -0.562. The van der Waals surface area contributed by atoms with Gasteiger partial charge in [0.05, 0.1) is 11.4 Å². The molecule has 0 bridgehead atoms. The number of sulfonamides is 1. The topological polar surface area (TPSA) is 135 Å². The number of ether oxygens (including phenoxy) is 2. The van der Waals surface area contributed by atoms with Crippen LogP contribution in [0.3, 0.4) is 0 Å². The normalized spacial score (nSPS) is 20.4. The molecule has 2 heterocycles. The van der Waals surface area contributed by atoms with E-state index in [4.69, 9.17) is 9.47 Å². The van der Waals surface area contributed by atoms with Crippen molar-refractivity contribution < 1.29 is 32.3 Å². The van der Waals surface area contributed by atoms with Gasteiger partial charge in [-0.1, -0.05) is 23.8 Å². The third kappa shape index (κ3) is 6.98. The summed E-state index contributed by atoms with van der Waals surface area (Å²) >= 11 is 0. The molecule has 2 atom stereocenters. The Bertz CT molecular complexity index is 1510. The summed E-state index contributed by atoms with van der Waals surface area (Å²) in [5, 5.41) is 1.81. The number of nitrogens with one attached hydrogen (secondary N) is 1. The van der Waals surface area contributed by atoms with Crippen molar-refractivity contribution in [3.8, 4) is 5.88 Å². The number of nitrogens with zero attached hydrogens (tertiary/aromatic N) is 3. The van der Waals surface area contributed by atoms with Gasteiger partial charge in [-0.05, 0) is 58.1 Å². The van der Waals surface area contributed by atoms with E-state index in [-0.39, 0.29) is 42.8 Å². The maximum Gasteiger partial charge on any atom is 0.411 e.